The molecule has 1 aliphatic rings. The normalized spacial score (nSPS) is 15.5. The van der Waals surface area contributed by atoms with Gasteiger partial charge < -0.3 is 9.64 Å². The van der Waals surface area contributed by atoms with Crippen molar-refractivity contribution in [2.75, 3.05) is 44.2 Å². The van der Waals surface area contributed by atoms with Crippen molar-refractivity contribution in [1.29, 1.82) is 0 Å². The highest BCUT2D eigenvalue weighted by Gasteiger charge is 2.21. The van der Waals surface area contributed by atoms with E-state index < -0.39 is 0 Å². The quantitative estimate of drug-likeness (QED) is 0.689. The average Bonchev–Trinajstić information content (AvgIpc) is 3.02. The molecule has 0 N–H and O–H groups in total. The Hall–Kier alpha value is -2.18. The lowest BCUT2D eigenvalue weighted by Gasteiger charge is -2.35. The Morgan fingerprint density at radius 2 is 1.81 bits per heavy atom. The van der Waals surface area contributed by atoms with E-state index in [2.05, 4.69) is 27.8 Å². The zero-order chi connectivity index (χ0) is 17.9. The molecule has 136 valence electrons. The number of para-hydroxylation sites is 1. The van der Waals surface area contributed by atoms with E-state index in [0.29, 0.717) is 0 Å². The molecule has 4 rings (SSSR count). The number of fused-ring (bicyclic) bond motifs is 1. The summed E-state index contributed by atoms with van der Waals surface area (Å²) in [5, 5.41) is 1.19. The zero-order valence-electron chi connectivity index (χ0n) is 15.3. The van der Waals surface area contributed by atoms with Gasteiger partial charge >= 0.3 is 0 Å². The lowest BCUT2D eigenvalue weighted by atomic mass is 10.2. The van der Waals surface area contributed by atoms with E-state index in [-0.39, 0.29) is 0 Å². The van der Waals surface area contributed by atoms with Crippen LogP contribution in [0.25, 0.3) is 10.2 Å². The predicted molar refractivity (Wildman–Crippen MR) is 107 cm³/mol. The number of hydrogen-bond donors (Lipinski definition) is 0. The molecule has 0 atom stereocenters. The summed E-state index contributed by atoms with van der Waals surface area (Å²) in [6.07, 6.45) is 0. The van der Waals surface area contributed by atoms with Crippen LogP contribution in [-0.4, -0.2) is 54.2 Å². The second kappa shape index (κ2) is 7.60. The van der Waals surface area contributed by atoms with Crippen LogP contribution in [0.3, 0.4) is 0 Å². The van der Waals surface area contributed by atoms with Crippen molar-refractivity contribution >= 4 is 27.4 Å². The smallest absolute Gasteiger partial charge is 0.141 e. The summed E-state index contributed by atoms with van der Waals surface area (Å²) >= 11 is 1.75. The van der Waals surface area contributed by atoms with Gasteiger partial charge in [-0.3, -0.25) is 4.90 Å². The van der Waals surface area contributed by atoms with Gasteiger partial charge in [0, 0.05) is 37.6 Å². The summed E-state index contributed by atoms with van der Waals surface area (Å²) in [4.78, 5) is 16.6. The van der Waals surface area contributed by atoms with Crippen molar-refractivity contribution in [2.24, 2.45) is 0 Å². The first-order valence-electron chi connectivity index (χ1n) is 9.09. The minimum atomic E-state index is 0.727. The van der Waals surface area contributed by atoms with Crippen LogP contribution in [0.4, 0.5) is 5.82 Å². The van der Waals surface area contributed by atoms with Gasteiger partial charge in [0.25, 0.3) is 0 Å². The van der Waals surface area contributed by atoms with Gasteiger partial charge in [0.15, 0.2) is 0 Å². The third-order valence-corrected chi connectivity index (χ3v) is 5.64. The number of nitrogens with zero attached hydrogens (tertiary/aromatic N) is 4. The zero-order valence-corrected chi connectivity index (χ0v) is 16.1. The Morgan fingerprint density at radius 3 is 2.58 bits per heavy atom. The van der Waals surface area contributed by atoms with Crippen LogP contribution in [-0.2, 0) is 0 Å². The van der Waals surface area contributed by atoms with Crippen molar-refractivity contribution in [2.45, 2.75) is 13.8 Å². The molecule has 26 heavy (non-hydrogen) atoms. The molecule has 0 spiro atoms. The van der Waals surface area contributed by atoms with Gasteiger partial charge in [0.1, 0.15) is 28.8 Å². The number of hydrogen-bond acceptors (Lipinski definition) is 6. The molecule has 1 aromatic carbocycles. The van der Waals surface area contributed by atoms with Crippen molar-refractivity contribution in [3.63, 3.8) is 0 Å². The first-order valence-corrected chi connectivity index (χ1v) is 9.90. The first-order chi connectivity index (χ1) is 12.7. The van der Waals surface area contributed by atoms with Gasteiger partial charge in [-0.15, -0.1) is 11.3 Å². The van der Waals surface area contributed by atoms with Crippen LogP contribution in [0.1, 0.15) is 10.7 Å². The van der Waals surface area contributed by atoms with E-state index in [4.69, 9.17) is 9.72 Å². The number of ether oxygens (including phenoxy) is 1. The summed E-state index contributed by atoms with van der Waals surface area (Å²) < 4.78 is 5.82. The maximum absolute atomic E-state index is 5.82. The molecule has 2 aromatic heterocycles. The highest BCUT2D eigenvalue weighted by Crippen LogP contribution is 2.31. The second-order valence-corrected chi connectivity index (χ2v) is 7.90. The standard InChI is InChI=1S/C20H24N4OS/c1-15-14-18-19(21-16(2)22-20(18)26-15)24-10-8-23(9-11-24)12-13-25-17-6-4-3-5-7-17/h3-7,14H,8-13H2,1-2H3. The molecular weight excluding hydrogens is 344 g/mol. The molecule has 1 saturated heterocycles. The summed E-state index contributed by atoms with van der Waals surface area (Å²) in [6, 6.07) is 12.2. The highest BCUT2D eigenvalue weighted by atomic mass is 32.1. The fraction of sp³-hybridized carbons (Fsp3) is 0.400. The van der Waals surface area contributed by atoms with Crippen molar-refractivity contribution in [1.82, 2.24) is 14.9 Å². The molecule has 5 nitrogen and oxygen atoms in total. The number of rotatable bonds is 5. The van der Waals surface area contributed by atoms with Crippen molar-refractivity contribution in [3.05, 3.63) is 47.1 Å². The van der Waals surface area contributed by atoms with Gasteiger partial charge in [-0.2, -0.15) is 0 Å². The topological polar surface area (TPSA) is 41.5 Å². The predicted octanol–water partition coefficient (Wildman–Crippen LogP) is 3.51. The van der Waals surface area contributed by atoms with Gasteiger partial charge in [-0.05, 0) is 32.0 Å². The maximum Gasteiger partial charge on any atom is 0.141 e. The molecule has 1 fully saturated rings. The molecule has 0 amide bonds. The van der Waals surface area contributed by atoms with Gasteiger partial charge in [-0.1, -0.05) is 18.2 Å². The first kappa shape index (κ1) is 17.2. The molecule has 3 aromatic rings. The number of benzene rings is 1. The largest absolute Gasteiger partial charge is 0.492 e. The van der Waals surface area contributed by atoms with Gasteiger partial charge in [-0.25, -0.2) is 9.97 Å². The second-order valence-electron chi connectivity index (χ2n) is 6.66. The molecule has 1 aliphatic heterocycles. The van der Waals surface area contributed by atoms with Crippen LogP contribution in [0.2, 0.25) is 0 Å². The number of aromatic nitrogens is 2. The highest BCUT2D eigenvalue weighted by molar-refractivity contribution is 7.18. The molecule has 6 heteroatoms. The van der Waals surface area contributed by atoms with Crippen molar-refractivity contribution in [3.8, 4) is 5.75 Å². The van der Waals surface area contributed by atoms with E-state index in [0.717, 1.165) is 61.6 Å². The van der Waals surface area contributed by atoms with Gasteiger partial charge in [0.05, 0.1) is 5.39 Å². The minimum Gasteiger partial charge on any atom is -0.492 e. The fourth-order valence-electron chi connectivity index (χ4n) is 3.36. The Labute approximate surface area is 158 Å². The Bertz CT molecular complexity index is 872. The summed E-state index contributed by atoms with van der Waals surface area (Å²) in [6.45, 7) is 9.85. The van der Waals surface area contributed by atoms with E-state index >= 15 is 0 Å². The lowest BCUT2D eigenvalue weighted by molar-refractivity contribution is 0.200. The third kappa shape index (κ3) is 3.81. The number of piperazine rings is 1. The third-order valence-electron chi connectivity index (χ3n) is 4.70. The Balaban J connectivity index is 1.35. The Kier molecular flexibility index (Phi) is 5.04. The number of anilines is 1. The molecule has 3 heterocycles. The number of thiophene rings is 1. The maximum atomic E-state index is 5.82. The molecule has 0 saturated carbocycles. The van der Waals surface area contributed by atoms with Crippen LogP contribution >= 0.6 is 11.3 Å². The van der Waals surface area contributed by atoms with E-state index in [1.807, 2.05) is 37.3 Å². The minimum absolute atomic E-state index is 0.727. The van der Waals surface area contributed by atoms with Crippen LogP contribution in [0.5, 0.6) is 5.75 Å². The van der Waals surface area contributed by atoms with Crippen LogP contribution in [0, 0.1) is 13.8 Å². The summed E-state index contributed by atoms with van der Waals surface area (Å²) in [5.74, 6) is 2.89. The molecule has 0 unspecified atom stereocenters. The van der Waals surface area contributed by atoms with E-state index in [1.165, 1.54) is 10.3 Å². The molecule has 0 radical (unpaired) electrons. The van der Waals surface area contributed by atoms with E-state index in [9.17, 15) is 0 Å². The monoisotopic (exact) mass is 368 g/mol. The number of aryl methyl sites for hydroxylation is 2. The molecule has 0 bridgehead atoms. The Morgan fingerprint density at radius 1 is 1.04 bits per heavy atom. The molecular formula is C20H24N4OS. The average molecular weight is 369 g/mol. The van der Waals surface area contributed by atoms with E-state index in [1.54, 1.807) is 11.3 Å². The summed E-state index contributed by atoms with van der Waals surface area (Å²) in [5.41, 5.74) is 0. The van der Waals surface area contributed by atoms with Crippen LogP contribution < -0.4 is 9.64 Å². The fourth-order valence-corrected chi connectivity index (χ4v) is 4.28. The van der Waals surface area contributed by atoms with Crippen molar-refractivity contribution < 1.29 is 4.74 Å². The molecule has 0 aliphatic carbocycles. The lowest BCUT2D eigenvalue weighted by Crippen LogP contribution is -2.47. The summed E-state index contributed by atoms with van der Waals surface area (Å²) in [7, 11) is 0. The SMILES string of the molecule is Cc1nc(N2CCN(CCOc3ccccc3)CC2)c2cc(C)sc2n1. The van der Waals surface area contributed by atoms with Crippen LogP contribution in [0.15, 0.2) is 36.4 Å². The van der Waals surface area contributed by atoms with Gasteiger partial charge in [0.2, 0.25) is 0 Å².